The van der Waals surface area contributed by atoms with Gasteiger partial charge in [0.1, 0.15) is 11.6 Å². The molecule has 0 aliphatic heterocycles. The Labute approximate surface area is 114 Å². The van der Waals surface area contributed by atoms with Gasteiger partial charge in [-0.3, -0.25) is 0 Å². The van der Waals surface area contributed by atoms with E-state index in [1.807, 2.05) is 36.0 Å². The van der Waals surface area contributed by atoms with Crippen LogP contribution in [0.15, 0.2) is 36.7 Å². The van der Waals surface area contributed by atoms with E-state index in [1.54, 1.807) is 6.20 Å². The summed E-state index contributed by atoms with van der Waals surface area (Å²) in [7, 11) is 1.99. The molecule has 0 spiro atoms. The zero-order chi connectivity index (χ0) is 13.7. The van der Waals surface area contributed by atoms with Crippen molar-refractivity contribution in [2.75, 3.05) is 13.2 Å². The molecule has 0 aliphatic carbocycles. The number of rotatable bonds is 6. The highest BCUT2D eigenvalue weighted by atomic mass is 16.5. The Morgan fingerprint density at radius 1 is 1.42 bits per heavy atom. The SMILES string of the molecule is Cc1cccc(OCCC(CN)c2nccn2C)c1. The van der Waals surface area contributed by atoms with Crippen LogP contribution in [0, 0.1) is 6.92 Å². The molecule has 0 radical (unpaired) electrons. The highest BCUT2D eigenvalue weighted by molar-refractivity contribution is 5.27. The maximum absolute atomic E-state index is 5.83. The van der Waals surface area contributed by atoms with E-state index in [9.17, 15) is 0 Å². The number of ether oxygens (including phenoxy) is 1. The average molecular weight is 259 g/mol. The standard InChI is InChI=1S/C15H21N3O/c1-12-4-3-5-14(10-12)19-9-6-13(11-16)15-17-7-8-18(15)2/h3-5,7-8,10,13H,6,9,11,16H2,1-2H3. The van der Waals surface area contributed by atoms with Gasteiger partial charge in [0.2, 0.25) is 0 Å². The summed E-state index contributed by atoms with van der Waals surface area (Å²) in [5.41, 5.74) is 7.03. The van der Waals surface area contributed by atoms with Crippen LogP contribution in [-0.4, -0.2) is 22.7 Å². The first kappa shape index (κ1) is 13.6. The number of hydrogen-bond acceptors (Lipinski definition) is 3. The second-order valence-corrected chi connectivity index (χ2v) is 4.78. The summed E-state index contributed by atoms with van der Waals surface area (Å²) in [5.74, 6) is 2.18. The third-order valence-corrected chi connectivity index (χ3v) is 3.23. The van der Waals surface area contributed by atoms with Crippen molar-refractivity contribution in [2.45, 2.75) is 19.3 Å². The zero-order valence-electron chi connectivity index (χ0n) is 11.5. The lowest BCUT2D eigenvalue weighted by atomic mass is 10.1. The molecule has 1 heterocycles. The molecule has 4 nitrogen and oxygen atoms in total. The van der Waals surface area contributed by atoms with Crippen molar-refractivity contribution in [3.63, 3.8) is 0 Å². The monoisotopic (exact) mass is 259 g/mol. The molecule has 2 rings (SSSR count). The molecular formula is C15H21N3O. The fourth-order valence-electron chi connectivity index (χ4n) is 2.15. The number of imidazole rings is 1. The normalized spacial score (nSPS) is 12.4. The maximum atomic E-state index is 5.83. The minimum Gasteiger partial charge on any atom is -0.494 e. The number of nitrogens with two attached hydrogens (primary N) is 1. The number of hydrogen-bond donors (Lipinski definition) is 1. The number of benzene rings is 1. The van der Waals surface area contributed by atoms with Crippen LogP contribution in [0.3, 0.4) is 0 Å². The summed E-state index contributed by atoms with van der Waals surface area (Å²) in [5, 5.41) is 0. The Bertz CT molecular complexity index is 522. The first-order valence-corrected chi connectivity index (χ1v) is 6.57. The highest BCUT2D eigenvalue weighted by Crippen LogP contribution is 2.18. The van der Waals surface area contributed by atoms with Gasteiger partial charge in [0, 0.05) is 31.9 Å². The molecule has 1 aromatic heterocycles. The van der Waals surface area contributed by atoms with Gasteiger partial charge >= 0.3 is 0 Å². The Morgan fingerprint density at radius 2 is 2.26 bits per heavy atom. The topological polar surface area (TPSA) is 53.1 Å². The molecule has 102 valence electrons. The van der Waals surface area contributed by atoms with E-state index < -0.39 is 0 Å². The lowest BCUT2D eigenvalue weighted by molar-refractivity contribution is 0.295. The van der Waals surface area contributed by atoms with Crippen molar-refractivity contribution < 1.29 is 4.74 Å². The van der Waals surface area contributed by atoms with Gasteiger partial charge in [-0.1, -0.05) is 12.1 Å². The van der Waals surface area contributed by atoms with Crippen LogP contribution in [0.1, 0.15) is 23.7 Å². The van der Waals surface area contributed by atoms with E-state index in [-0.39, 0.29) is 5.92 Å². The Hall–Kier alpha value is -1.81. The molecular weight excluding hydrogens is 238 g/mol. The average Bonchev–Trinajstić information content (AvgIpc) is 2.81. The quantitative estimate of drug-likeness (QED) is 0.865. The second kappa shape index (κ2) is 6.38. The van der Waals surface area contributed by atoms with Gasteiger partial charge in [0.15, 0.2) is 0 Å². The van der Waals surface area contributed by atoms with Crippen molar-refractivity contribution in [2.24, 2.45) is 12.8 Å². The van der Waals surface area contributed by atoms with E-state index in [4.69, 9.17) is 10.5 Å². The molecule has 0 aliphatic rings. The number of nitrogens with zero attached hydrogens (tertiary/aromatic N) is 2. The summed E-state index contributed by atoms with van der Waals surface area (Å²) in [6, 6.07) is 8.08. The molecule has 1 atom stereocenters. The molecule has 1 aromatic carbocycles. The van der Waals surface area contributed by atoms with Crippen molar-refractivity contribution in [3.05, 3.63) is 48.0 Å². The summed E-state index contributed by atoms with van der Waals surface area (Å²) in [4.78, 5) is 4.35. The first-order chi connectivity index (χ1) is 9.20. The molecule has 0 saturated carbocycles. The molecule has 0 amide bonds. The Morgan fingerprint density at radius 3 is 2.89 bits per heavy atom. The molecule has 19 heavy (non-hydrogen) atoms. The third-order valence-electron chi connectivity index (χ3n) is 3.23. The van der Waals surface area contributed by atoms with E-state index in [2.05, 4.69) is 18.0 Å². The minimum absolute atomic E-state index is 0.241. The van der Waals surface area contributed by atoms with E-state index in [1.165, 1.54) is 5.56 Å². The fraction of sp³-hybridized carbons (Fsp3) is 0.400. The Kier molecular flexibility index (Phi) is 4.58. The fourth-order valence-corrected chi connectivity index (χ4v) is 2.15. The van der Waals surface area contributed by atoms with Gasteiger partial charge in [-0.25, -0.2) is 4.98 Å². The predicted molar refractivity (Wildman–Crippen MR) is 76.3 cm³/mol. The van der Waals surface area contributed by atoms with Crippen molar-refractivity contribution in [3.8, 4) is 5.75 Å². The van der Waals surface area contributed by atoms with Crippen LogP contribution >= 0.6 is 0 Å². The molecule has 2 aromatic rings. The lowest BCUT2D eigenvalue weighted by Gasteiger charge is -2.15. The zero-order valence-corrected chi connectivity index (χ0v) is 11.5. The van der Waals surface area contributed by atoms with Gasteiger partial charge in [0.25, 0.3) is 0 Å². The predicted octanol–water partition coefficient (Wildman–Crippen LogP) is 2.24. The van der Waals surface area contributed by atoms with Crippen LogP contribution in [-0.2, 0) is 7.05 Å². The second-order valence-electron chi connectivity index (χ2n) is 4.78. The van der Waals surface area contributed by atoms with Crippen LogP contribution < -0.4 is 10.5 Å². The van der Waals surface area contributed by atoms with Gasteiger partial charge in [-0.05, 0) is 31.0 Å². The van der Waals surface area contributed by atoms with E-state index in [0.717, 1.165) is 18.0 Å². The maximum Gasteiger partial charge on any atom is 0.119 e. The highest BCUT2D eigenvalue weighted by Gasteiger charge is 2.14. The van der Waals surface area contributed by atoms with Crippen molar-refractivity contribution >= 4 is 0 Å². The first-order valence-electron chi connectivity index (χ1n) is 6.57. The van der Waals surface area contributed by atoms with Crippen molar-refractivity contribution in [1.29, 1.82) is 0 Å². The summed E-state index contributed by atoms with van der Waals surface area (Å²) >= 11 is 0. The smallest absolute Gasteiger partial charge is 0.119 e. The molecule has 0 fully saturated rings. The van der Waals surface area contributed by atoms with Gasteiger partial charge in [-0.15, -0.1) is 0 Å². The van der Waals surface area contributed by atoms with Crippen LogP contribution in [0.2, 0.25) is 0 Å². The Balaban J connectivity index is 1.89. The summed E-state index contributed by atoms with van der Waals surface area (Å²) < 4.78 is 7.78. The molecule has 4 heteroatoms. The molecule has 2 N–H and O–H groups in total. The number of aromatic nitrogens is 2. The largest absolute Gasteiger partial charge is 0.494 e. The number of aryl methyl sites for hydroxylation is 2. The van der Waals surface area contributed by atoms with Crippen LogP contribution in [0.5, 0.6) is 5.75 Å². The van der Waals surface area contributed by atoms with Gasteiger partial charge < -0.3 is 15.0 Å². The third kappa shape index (κ3) is 3.58. The minimum atomic E-state index is 0.241. The summed E-state index contributed by atoms with van der Waals surface area (Å²) in [6.45, 7) is 3.30. The molecule has 0 bridgehead atoms. The molecule has 1 unspecified atom stereocenters. The van der Waals surface area contributed by atoms with E-state index in [0.29, 0.717) is 13.2 Å². The van der Waals surface area contributed by atoms with Gasteiger partial charge in [-0.2, -0.15) is 0 Å². The lowest BCUT2D eigenvalue weighted by Crippen LogP contribution is -2.18. The molecule has 0 saturated heterocycles. The van der Waals surface area contributed by atoms with Crippen LogP contribution in [0.25, 0.3) is 0 Å². The van der Waals surface area contributed by atoms with Crippen LogP contribution in [0.4, 0.5) is 0 Å². The van der Waals surface area contributed by atoms with Gasteiger partial charge in [0.05, 0.1) is 6.61 Å². The van der Waals surface area contributed by atoms with Crippen molar-refractivity contribution in [1.82, 2.24) is 9.55 Å². The summed E-state index contributed by atoms with van der Waals surface area (Å²) in [6.07, 6.45) is 4.62. The van der Waals surface area contributed by atoms with E-state index >= 15 is 0 Å².